The Hall–Kier alpha value is -2.57. The van der Waals surface area contributed by atoms with Crippen molar-refractivity contribution in [3.05, 3.63) is 29.8 Å². The first-order chi connectivity index (χ1) is 14.3. The van der Waals surface area contributed by atoms with Crippen LogP contribution in [0.2, 0.25) is 0 Å². The number of hydrogen-bond acceptors (Lipinski definition) is 7. The minimum atomic E-state index is 0.684. The SMILES string of the molecule is COc1cccc(CCNc2nc(N3CCCCC3)nc(N3CCCCC3)n2)c1. The smallest absolute Gasteiger partial charge is 0.231 e. The molecule has 2 aliphatic rings. The summed E-state index contributed by atoms with van der Waals surface area (Å²) in [6, 6.07) is 8.20. The molecule has 1 aromatic carbocycles. The Labute approximate surface area is 173 Å². The van der Waals surface area contributed by atoms with E-state index >= 15 is 0 Å². The molecule has 2 aliphatic heterocycles. The Balaban J connectivity index is 1.47. The van der Waals surface area contributed by atoms with Crippen LogP contribution < -0.4 is 19.9 Å². The average Bonchev–Trinajstić information content (AvgIpc) is 2.80. The van der Waals surface area contributed by atoms with Crippen molar-refractivity contribution >= 4 is 17.8 Å². The molecule has 7 nitrogen and oxygen atoms in total. The molecule has 0 amide bonds. The molecule has 2 fully saturated rings. The quantitative estimate of drug-likeness (QED) is 0.768. The second-order valence-corrected chi connectivity index (χ2v) is 7.88. The van der Waals surface area contributed by atoms with E-state index in [1.165, 1.54) is 44.1 Å². The van der Waals surface area contributed by atoms with E-state index in [0.29, 0.717) is 5.95 Å². The number of rotatable bonds is 7. The molecule has 0 radical (unpaired) electrons. The molecule has 1 aromatic heterocycles. The van der Waals surface area contributed by atoms with Gasteiger partial charge < -0.3 is 19.9 Å². The maximum absolute atomic E-state index is 5.32. The highest BCUT2D eigenvalue weighted by atomic mass is 16.5. The normalized spacial score (nSPS) is 17.3. The van der Waals surface area contributed by atoms with Gasteiger partial charge >= 0.3 is 0 Å². The van der Waals surface area contributed by atoms with E-state index in [9.17, 15) is 0 Å². The van der Waals surface area contributed by atoms with Gasteiger partial charge in [0.1, 0.15) is 5.75 Å². The number of nitrogens with zero attached hydrogens (tertiary/aromatic N) is 5. The van der Waals surface area contributed by atoms with Gasteiger partial charge in [-0.05, 0) is 62.6 Å². The van der Waals surface area contributed by atoms with Crippen molar-refractivity contribution in [2.45, 2.75) is 44.9 Å². The molecule has 0 spiro atoms. The first-order valence-corrected chi connectivity index (χ1v) is 10.9. The highest BCUT2D eigenvalue weighted by Crippen LogP contribution is 2.22. The van der Waals surface area contributed by atoms with Gasteiger partial charge in [0.2, 0.25) is 17.8 Å². The van der Waals surface area contributed by atoms with Gasteiger partial charge in [-0.2, -0.15) is 15.0 Å². The average molecular weight is 397 g/mol. The second kappa shape index (κ2) is 9.76. The topological polar surface area (TPSA) is 66.4 Å². The first-order valence-electron chi connectivity index (χ1n) is 10.9. The molecule has 7 heteroatoms. The van der Waals surface area contributed by atoms with Crippen molar-refractivity contribution < 1.29 is 4.74 Å². The molecule has 2 aromatic rings. The number of nitrogens with one attached hydrogen (secondary N) is 1. The van der Waals surface area contributed by atoms with E-state index in [1.54, 1.807) is 7.11 Å². The third-order valence-corrected chi connectivity index (χ3v) is 5.72. The summed E-state index contributed by atoms with van der Waals surface area (Å²) in [7, 11) is 1.70. The van der Waals surface area contributed by atoms with E-state index in [2.05, 4.69) is 27.2 Å². The van der Waals surface area contributed by atoms with Gasteiger partial charge in [0, 0.05) is 32.7 Å². The third kappa shape index (κ3) is 5.28. The highest BCUT2D eigenvalue weighted by molar-refractivity contribution is 5.46. The lowest BCUT2D eigenvalue weighted by Gasteiger charge is -2.30. The van der Waals surface area contributed by atoms with Gasteiger partial charge in [-0.3, -0.25) is 0 Å². The Kier molecular flexibility index (Phi) is 6.64. The summed E-state index contributed by atoms with van der Waals surface area (Å²) in [5, 5.41) is 3.43. The maximum atomic E-state index is 5.32. The van der Waals surface area contributed by atoms with Crippen LogP contribution in [0, 0.1) is 0 Å². The fourth-order valence-electron chi connectivity index (χ4n) is 4.05. The molecular formula is C22H32N6O. The Morgan fingerprint density at radius 2 is 1.48 bits per heavy atom. The summed E-state index contributed by atoms with van der Waals surface area (Å²) in [5.41, 5.74) is 1.23. The largest absolute Gasteiger partial charge is 0.497 e. The van der Waals surface area contributed by atoms with Crippen molar-refractivity contribution in [3.8, 4) is 5.75 Å². The van der Waals surface area contributed by atoms with E-state index in [4.69, 9.17) is 19.7 Å². The van der Waals surface area contributed by atoms with Crippen LogP contribution >= 0.6 is 0 Å². The van der Waals surface area contributed by atoms with Crippen LogP contribution in [0.5, 0.6) is 5.75 Å². The molecule has 0 bridgehead atoms. The summed E-state index contributed by atoms with van der Waals surface area (Å²) < 4.78 is 5.32. The number of ether oxygens (including phenoxy) is 1. The fourth-order valence-corrected chi connectivity index (χ4v) is 4.05. The lowest BCUT2D eigenvalue weighted by Crippen LogP contribution is -2.34. The number of methoxy groups -OCH3 is 1. The van der Waals surface area contributed by atoms with Crippen molar-refractivity contribution in [3.63, 3.8) is 0 Å². The van der Waals surface area contributed by atoms with Crippen molar-refractivity contribution in [1.82, 2.24) is 15.0 Å². The van der Waals surface area contributed by atoms with Crippen molar-refractivity contribution in [2.24, 2.45) is 0 Å². The summed E-state index contributed by atoms with van der Waals surface area (Å²) >= 11 is 0. The van der Waals surface area contributed by atoms with Crippen LogP contribution in [0.15, 0.2) is 24.3 Å². The van der Waals surface area contributed by atoms with E-state index in [-0.39, 0.29) is 0 Å². The number of anilines is 3. The van der Waals surface area contributed by atoms with Crippen LogP contribution in [0.1, 0.15) is 44.1 Å². The van der Waals surface area contributed by atoms with Crippen molar-refractivity contribution in [2.75, 3.05) is 55.0 Å². The second-order valence-electron chi connectivity index (χ2n) is 7.88. The molecule has 0 unspecified atom stereocenters. The Morgan fingerprint density at radius 3 is 2.07 bits per heavy atom. The maximum Gasteiger partial charge on any atom is 0.231 e. The monoisotopic (exact) mass is 396 g/mol. The van der Waals surface area contributed by atoms with Gasteiger partial charge in [-0.15, -0.1) is 0 Å². The summed E-state index contributed by atoms with van der Waals surface area (Å²) in [4.78, 5) is 19.0. The fraction of sp³-hybridized carbons (Fsp3) is 0.591. The summed E-state index contributed by atoms with van der Waals surface area (Å²) in [5.74, 6) is 3.22. The predicted octanol–water partition coefficient (Wildman–Crippen LogP) is 3.52. The van der Waals surface area contributed by atoms with Crippen LogP contribution in [-0.4, -0.2) is 54.8 Å². The highest BCUT2D eigenvalue weighted by Gasteiger charge is 2.20. The standard InChI is InChI=1S/C22H32N6O/c1-29-19-10-8-9-18(17-19)11-12-23-20-24-21(27-13-4-2-5-14-27)26-22(25-20)28-15-6-3-7-16-28/h8-10,17H,2-7,11-16H2,1H3,(H,23,24,25,26). The minimum absolute atomic E-state index is 0.684. The number of hydrogen-bond donors (Lipinski definition) is 1. The van der Waals surface area contributed by atoms with Gasteiger partial charge in [0.25, 0.3) is 0 Å². The number of benzene rings is 1. The minimum Gasteiger partial charge on any atom is -0.497 e. The molecule has 2 saturated heterocycles. The lowest BCUT2D eigenvalue weighted by atomic mass is 10.1. The zero-order chi connectivity index (χ0) is 19.9. The molecule has 4 rings (SSSR count). The van der Waals surface area contributed by atoms with E-state index in [1.807, 2.05) is 12.1 Å². The van der Waals surface area contributed by atoms with Crippen molar-refractivity contribution in [1.29, 1.82) is 0 Å². The zero-order valence-electron chi connectivity index (χ0n) is 17.4. The van der Waals surface area contributed by atoms with Crippen LogP contribution in [-0.2, 0) is 6.42 Å². The molecule has 0 aliphatic carbocycles. The molecule has 0 atom stereocenters. The lowest BCUT2D eigenvalue weighted by molar-refractivity contribution is 0.414. The van der Waals surface area contributed by atoms with Crippen LogP contribution in [0.3, 0.4) is 0 Å². The van der Waals surface area contributed by atoms with Crippen LogP contribution in [0.4, 0.5) is 17.8 Å². The van der Waals surface area contributed by atoms with Gasteiger partial charge in [0.15, 0.2) is 0 Å². The van der Waals surface area contributed by atoms with Gasteiger partial charge in [0.05, 0.1) is 7.11 Å². The predicted molar refractivity (Wildman–Crippen MR) is 117 cm³/mol. The molecule has 0 saturated carbocycles. The van der Waals surface area contributed by atoms with Crippen LogP contribution in [0.25, 0.3) is 0 Å². The molecule has 1 N–H and O–H groups in total. The Morgan fingerprint density at radius 1 is 0.862 bits per heavy atom. The van der Waals surface area contributed by atoms with Gasteiger partial charge in [-0.1, -0.05) is 12.1 Å². The molecular weight excluding hydrogens is 364 g/mol. The van der Waals surface area contributed by atoms with E-state index < -0.39 is 0 Å². The Bertz CT molecular complexity index is 750. The van der Waals surface area contributed by atoms with Gasteiger partial charge in [-0.25, -0.2) is 0 Å². The number of aromatic nitrogens is 3. The summed E-state index contributed by atoms with van der Waals surface area (Å²) in [6.45, 7) is 4.91. The zero-order valence-corrected chi connectivity index (χ0v) is 17.4. The molecule has 156 valence electrons. The summed E-state index contributed by atoms with van der Waals surface area (Å²) in [6.07, 6.45) is 8.33. The third-order valence-electron chi connectivity index (χ3n) is 5.72. The first kappa shape index (κ1) is 19.7. The number of piperidine rings is 2. The molecule has 29 heavy (non-hydrogen) atoms. The molecule has 3 heterocycles. The van der Waals surface area contributed by atoms with E-state index in [0.717, 1.165) is 56.8 Å².